The molecule has 1 aliphatic heterocycles. The summed E-state index contributed by atoms with van der Waals surface area (Å²) in [7, 11) is 1.48. The molecule has 13 heteroatoms. The zero-order valence-electron chi connectivity index (χ0n) is 26.1. The summed E-state index contributed by atoms with van der Waals surface area (Å²) in [6.07, 6.45) is 6.93. The molecule has 0 radical (unpaired) electrons. The van der Waals surface area contributed by atoms with Crippen LogP contribution in [0.3, 0.4) is 0 Å². The molecule has 6 rings (SSSR count). The fourth-order valence-corrected chi connectivity index (χ4v) is 6.60. The first-order valence-corrected chi connectivity index (χ1v) is 15.7. The number of alkyl halides is 3. The average Bonchev–Trinajstić information content (AvgIpc) is 3.80. The van der Waals surface area contributed by atoms with Crippen molar-refractivity contribution < 1.29 is 27.5 Å². The van der Waals surface area contributed by atoms with E-state index in [4.69, 9.17) is 4.74 Å². The van der Waals surface area contributed by atoms with Crippen molar-refractivity contribution >= 4 is 17.5 Å². The lowest BCUT2D eigenvalue weighted by atomic mass is 10.0. The van der Waals surface area contributed by atoms with Crippen molar-refractivity contribution in [3.05, 3.63) is 71.1 Å². The zero-order chi connectivity index (χ0) is 32.4. The molecule has 2 aliphatic rings. The predicted octanol–water partition coefficient (Wildman–Crippen LogP) is 5.02. The summed E-state index contributed by atoms with van der Waals surface area (Å²) >= 11 is 0. The number of carbonyl (C=O) groups excluding carboxylic acids is 2. The Kier molecular flexibility index (Phi) is 9.12. The largest absolute Gasteiger partial charge is 0.435 e. The molecular formula is C33H38F3N7O3. The Morgan fingerprint density at radius 3 is 2.48 bits per heavy atom. The molecular weight excluding hydrogens is 599 g/mol. The number of methoxy groups -OCH3 is 1. The molecule has 1 aliphatic carbocycles. The number of ether oxygens (including phenoxy) is 1. The second-order valence-electron chi connectivity index (χ2n) is 12.2. The first kappa shape index (κ1) is 31.7. The van der Waals surface area contributed by atoms with Gasteiger partial charge in [-0.25, -0.2) is 4.98 Å². The maximum atomic E-state index is 13.9. The van der Waals surface area contributed by atoms with Gasteiger partial charge in [0, 0.05) is 70.3 Å². The van der Waals surface area contributed by atoms with E-state index >= 15 is 0 Å². The summed E-state index contributed by atoms with van der Waals surface area (Å²) in [5.74, 6) is 0.645. The highest BCUT2D eigenvalue weighted by molar-refractivity contribution is 5.96. The van der Waals surface area contributed by atoms with E-state index in [-0.39, 0.29) is 36.2 Å². The normalized spacial score (nSPS) is 16.1. The number of carbonyl (C=O) groups is 2. The van der Waals surface area contributed by atoms with Crippen LogP contribution in [-0.4, -0.2) is 85.7 Å². The molecule has 46 heavy (non-hydrogen) atoms. The van der Waals surface area contributed by atoms with E-state index in [0.717, 1.165) is 24.0 Å². The number of fused-ring (bicyclic) bond motifs is 1. The van der Waals surface area contributed by atoms with Crippen LogP contribution < -0.4 is 0 Å². The van der Waals surface area contributed by atoms with Crippen LogP contribution in [0.15, 0.2) is 43.0 Å². The molecule has 3 aromatic heterocycles. The van der Waals surface area contributed by atoms with Gasteiger partial charge in [-0.15, -0.1) is 0 Å². The van der Waals surface area contributed by atoms with Crippen molar-refractivity contribution in [1.29, 1.82) is 0 Å². The monoisotopic (exact) mass is 637 g/mol. The van der Waals surface area contributed by atoms with E-state index in [1.54, 1.807) is 16.8 Å². The third kappa shape index (κ3) is 6.64. The lowest BCUT2D eigenvalue weighted by Gasteiger charge is -2.35. The van der Waals surface area contributed by atoms with Gasteiger partial charge in [0.25, 0.3) is 5.91 Å². The average molecular weight is 638 g/mol. The van der Waals surface area contributed by atoms with Crippen molar-refractivity contribution in [3.63, 3.8) is 0 Å². The van der Waals surface area contributed by atoms with Gasteiger partial charge >= 0.3 is 6.18 Å². The molecule has 1 saturated carbocycles. The Morgan fingerprint density at radius 1 is 1.04 bits per heavy atom. The maximum Gasteiger partial charge on any atom is 0.435 e. The number of benzene rings is 1. The van der Waals surface area contributed by atoms with Crippen molar-refractivity contribution in [1.82, 2.24) is 33.9 Å². The first-order chi connectivity index (χ1) is 22.1. The molecule has 244 valence electrons. The van der Waals surface area contributed by atoms with E-state index < -0.39 is 11.9 Å². The highest BCUT2D eigenvalue weighted by Crippen LogP contribution is 2.36. The van der Waals surface area contributed by atoms with Crippen molar-refractivity contribution in [3.8, 4) is 11.3 Å². The fourth-order valence-electron chi connectivity index (χ4n) is 6.60. The minimum Gasteiger partial charge on any atom is -0.383 e. The minimum atomic E-state index is -4.65. The summed E-state index contributed by atoms with van der Waals surface area (Å²) in [6, 6.07) is 5.62. The summed E-state index contributed by atoms with van der Waals surface area (Å²) in [6.45, 7) is 4.40. The van der Waals surface area contributed by atoms with Gasteiger partial charge in [-0.1, -0.05) is 25.0 Å². The molecule has 0 bridgehead atoms. The van der Waals surface area contributed by atoms with Gasteiger partial charge in [0.1, 0.15) is 0 Å². The van der Waals surface area contributed by atoms with Gasteiger partial charge in [-0.3, -0.25) is 23.7 Å². The zero-order valence-corrected chi connectivity index (χ0v) is 26.1. The summed E-state index contributed by atoms with van der Waals surface area (Å²) in [5.41, 5.74) is 2.53. The molecule has 4 aromatic rings. The fraction of sp³-hybridized carbons (Fsp3) is 0.485. The Morgan fingerprint density at radius 2 is 1.78 bits per heavy atom. The third-order valence-electron chi connectivity index (χ3n) is 9.08. The second kappa shape index (κ2) is 13.2. The number of amides is 2. The molecule has 2 amide bonds. The number of hydrogen-bond acceptors (Lipinski definition) is 6. The van der Waals surface area contributed by atoms with E-state index in [0.29, 0.717) is 61.8 Å². The van der Waals surface area contributed by atoms with Crippen LogP contribution in [0.4, 0.5) is 13.2 Å². The van der Waals surface area contributed by atoms with Crippen LogP contribution in [-0.2, 0) is 28.7 Å². The number of aromatic nitrogens is 5. The summed E-state index contributed by atoms with van der Waals surface area (Å²) < 4.78 is 49.6. The molecule has 0 spiro atoms. The van der Waals surface area contributed by atoms with Gasteiger partial charge in [-0.05, 0) is 42.9 Å². The smallest absolute Gasteiger partial charge is 0.383 e. The molecule has 4 heterocycles. The van der Waals surface area contributed by atoms with Crippen LogP contribution in [0.25, 0.3) is 16.9 Å². The number of hydrogen-bond donors (Lipinski definition) is 0. The predicted molar refractivity (Wildman–Crippen MR) is 164 cm³/mol. The Bertz CT molecular complexity index is 1720. The van der Waals surface area contributed by atoms with Crippen LogP contribution in [0.1, 0.15) is 65.0 Å². The SMILES string of the molecule is COCCn1cc(-c2cnc3c(Cc4ccc(C(=O)N5CCN(C(=O)CC6CCCC6)CC5)c(C)c4)nccn23)c(C(F)(F)F)n1. The molecule has 0 N–H and O–H groups in total. The lowest BCUT2D eigenvalue weighted by molar-refractivity contribution is -0.141. The van der Waals surface area contributed by atoms with Gasteiger partial charge in [0.15, 0.2) is 11.3 Å². The van der Waals surface area contributed by atoms with Crippen molar-refractivity contribution in [2.24, 2.45) is 5.92 Å². The Balaban J connectivity index is 1.15. The Labute approximate surface area is 265 Å². The Hall–Kier alpha value is -4.26. The molecule has 10 nitrogen and oxygen atoms in total. The highest BCUT2D eigenvalue weighted by atomic mass is 19.4. The van der Waals surface area contributed by atoms with Gasteiger partial charge in [0.05, 0.1) is 36.3 Å². The van der Waals surface area contributed by atoms with E-state index in [2.05, 4.69) is 15.1 Å². The summed E-state index contributed by atoms with van der Waals surface area (Å²) in [5, 5.41) is 3.77. The number of halogens is 3. The van der Waals surface area contributed by atoms with Crippen LogP contribution >= 0.6 is 0 Å². The number of imidazole rings is 1. The third-order valence-corrected chi connectivity index (χ3v) is 9.08. The maximum absolute atomic E-state index is 13.9. The second-order valence-corrected chi connectivity index (χ2v) is 12.2. The summed E-state index contributed by atoms with van der Waals surface area (Å²) in [4.78, 5) is 38.8. The minimum absolute atomic E-state index is 0.0587. The van der Waals surface area contributed by atoms with Crippen LogP contribution in [0.2, 0.25) is 0 Å². The quantitative estimate of drug-likeness (QED) is 0.256. The standard InChI is InChI=1S/C33H38F3N7O3/c1-22-17-24(7-8-25(22)32(45)41-13-11-40(12-14-41)29(44)19-23-5-3-4-6-23)18-27-31-38-20-28(43(31)10-9-37-27)26-21-42(15-16-46-2)39-30(26)33(34,35)36/h7-10,17,20-21,23H,3-6,11-16,18-19H2,1-2H3. The number of aryl methyl sites for hydroxylation is 1. The highest BCUT2D eigenvalue weighted by Gasteiger charge is 2.38. The first-order valence-electron chi connectivity index (χ1n) is 15.7. The number of piperazine rings is 1. The van der Waals surface area contributed by atoms with E-state index in [9.17, 15) is 22.8 Å². The van der Waals surface area contributed by atoms with Crippen LogP contribution in [0, 0.1) is 12.8 Å². The topological polar surface area (TPSA) is 97.9 Å². The van der Waals surface area contributed by atoms with Gasteiger partial charge < -0.3 is 14.5 Å². The van der Waals surface area contributed by atoms with Gasteiger partial charge in [-0.2, -0.15) is 18.3 Å². The van der Waals surface area contributed by atoms with Gasteiger partial charge in [0.2, 0.25) is 5.91 Å². The number of rotatable bonds is 9. The molecule has 1 saturated heterocycles. The lowest BCUT2D eigenvalue weighted by Crippen LogP contribution is -2.50. The molecule has 1 aromatic carbocycles. The van der Waals surface area contributed by atoms with Crippen molar-refractivity contribution in [2.45, 2.75) is 58.2 Å². The molecule has 0 unspecified atom stereocenters. The van der Waals surface area contributed by atoms with E-state index in [1.807, 2.05) is 34.9 Å². The number of nitrogens with zero attached hydrogens (tertiary/aromatic N) is 7. The van der Waals surface area contributed by atoms with Crippen molar-refractivity contribution in [2.75, 3.05) is 39.9 Å². The molecule has 2 fully saturated rings. The van der Waals surface area contributed by atoms with Crippen LogP contribution in [0.5, 0.6) is 0 Å². The van der Waals surface area contributed by atoms with E-state index in [1.165, 1.54) is 37.0 Å². The molecule has 0 atom stereocenters.